The topological polar surface area (TPSA) is 234 Å². The maximum atomic E-state index is 13.4. The van der Waals surface area contributed by atoms with E-state index in [1.807, 2.05) is 82.2 Å². The van der Waals surface area contributed by atoms with E-state index in [0.29, 0.717) is 127 Å². The molecular weight excluding hydrogens is 1060 g/mol. The van der Waals surface area contributed by atoms with Crippen LogP contribution < -0.4 is 27.3 Å². The fourth-order valence-corrected chi connectivity index (χ4v) is 11.7. The number of likely N-dealkylation sites (N-methyl/N-ethyl adjacent to an activating group) is 1. The Bertz CT molecular complexity index is 3850. The van der Waals surface area contributed by atoms with Gasteiger partial charge in [0, 0.05) is 51.1 Å². The number of ketones is 4. The molecule has 0 saturated heterocycles. The Balaban J connectivity index is 0.000000164. The lowest BCUT2D eigenvalue weighted by atomic mass is 9.90. The van der Waals surface area contributed by atoms with Gasteiger partial charge in [-0.25, -0.2) is 15.0 Å². The smallest absolute Gasteiger partial charge is 0.262 e. The number of carbonyl (C=O) groups excluding carboxylic acids is 6. The van der Waals surface area contributed by atoms with Crippen LogP contribution in [0.5, 0.6) is 0 Å². The minimum atomic E-state index is -0.506. The molecule has 18 heteroatoms. The van der Waals surface area contributed by atoms with Gasteiger partial charge < -0.3 is 15.5 Å². The number of carbonyl (C=O) groups is 6. The van der Waals surface area contributed by atoms with Crippen LogP contribution in [0.4, 0.5) is 0 Å². The van der Waals surface area contributed by atoms with E-state index in [0.717, 1.165) is 60.0 Å². The molecule has 4 fully saturated rings. The zero-order valence-corrected chi connectivity index (χ0v) is 50.0. The van der Waals surface area contributed by atoms with Gasteiger partial charge in [0.05, 0.1) is 57.4 Å². The van der Waals surface area contributed by atoms with E-state index >= 15 is 0 Å². The van der Waals surface area contributed by atoms with E-state index in [1.54, 1.807) is 37.5 Å². The number of amides is 2. The molecule has 4 aliphatic rings. The Kier molecular flexibility index (Phi) is 19.3. The van der Waals surface area contributed by atoms with E-state index in [4.69, 9.17) is 0 Å². The zero-order valence-electron chi connectivity index (χ0n) is 50.0. The summed E-state index contributed by atoms with van der Waals surface area (Å²) < 4.78 is 4.60. The van der Waals surface area contributed by atoms with Crippen molar-refractivity contribution >= 4 is 67.7 Å². The molecule has 18 nitrogen and oxygen atoms in total. The maximum Gasteiger partial charge on any atom is 0.262 e. The predicted molar refractivity (Wildman–Crippen MR) is 326 cm³/mol. The Morgan fingerprint density at radius 1 is 0.560 bits per heavy atom. The fourth-order valence-electron chi connectivity index (χ4n) is 11.7. The fraction of sp³-hybridized carbons (Fsp3) is 0.455. The van der Waals surface area contributed by atoms with Crippen molar-refractivity contribution in [3.63, 3.8) is 0 Å². The Morgan fingerprint density at radius 2 is 0.929 bits per heavy atom. The quantitative estimate of drug-likeness (QED) is 0.0972. The van der Waals surface area contributed by atoms with E-state index < -0.39 is 18.1 Å². The molecule has 3 heterocycles. The summed E-state index contributed by atoms with van der Waals surface area (Å²) in [6, 6.07) is 15.0. The van der Waals surface area contributed by atoms with Crippen LogP contribution in [-0.2, 0) is 48.3 Å². The molecule has 84 heavy (non-hydrogen) atoms. The van der Waals surface area contributed by atoms with Gasteiger partial charge in [-0.1, -0.05) is 93.6 Å². The summed E-state index contributed by atoms with van der Waals surface area (Å²) in [5.41, 5.74) is 6.06. The normalized spacial score (nSPS) is 18.4. The van der Waals surface area contributed by atoms with Gasteiger partial charge >= 0.3 is 0 Å². The van der Waals surface area contributed by atoms with Crippen LogP contribution in [0.15, 0.2) is 105 Å². The number of allylic oxidation sites excluding steroid dienone is 3. The first-order valence-corrected chi connectivity index (χ1v) is 29.1. The maximum absolute atomic E-state index is 13.4. The van der Waals surface area contributed by atoms with Crippen molar-refractivity contribution in [3.05, 3.63) is 156 Å². The molecule has 3 aromatic carbocycles. The second-order valence-electron chi connectivity index (χ2n) is 24.6. The predicted octanol–water partition coefficient (Wildman–Crippen LogP) is 8.81. The second kappa shape index (κ2) is 26.2. The third-order valence-corrected chi connectivity index (χ3v) is 15.9. The van der Waals surface area contributed by atoms with Gasteiger partial charge in [0.1, 0.15) is 23.3 Å². The highest BCUT2D eigenvalue weighted by Crippen LogP contribution is 2.33. The molecule has 3 atom stereocenters. The van der Waals surface area contributed by atoms with Crippen LogP contribution in [0.1, 0.15) is 157 Å². The highest BCUT2D eigenvalue weighted by atomic mass is 16.2. The zero-order chi connectivity index (χ0) is 60.9. The molecular formula is C66H79N9O9. The standard InChI is InChI=1S/C23H29N3O3.C22H27N3O3.C21H23N3O3/c1-14-9-10-18(19(27)11-14)26-15(2)25-17-8-6-7-16(21(17)22(26)29)13-24-20(28)12-23(3,4)5;1-14-8-11-19(20(27)12-14)25-15(2)23-18-7-5-6-16(21(18)22(25)28)9-10-17(26)13-24(3)4;1-12-6-9-17(18(25)10-12)24-13(2)23-16-5-3-4-15(19(16)21(24)27)11-22-20(26)14-7-8-14/h6-8,18H,1,9-13H2,2-5H3,(H,24,28);5-7,19H,1,8-13H2,2-4H3;3-5,14,17H,1,6-11H2,2H3,(H,22,26). The monoisotopic (exact) mass is 1140 g/mol. The largest absolute Gasteiger partial charge is 0.352 e. The second-order valence-corrected chi connectivity index (χ2v) is 24.6. The van der Waals surface area contributed by atoms with Crippen LogP contribution >= 0.6 is 0 Å². The molecule has 442 valence electrons. The number of benzene rings is 3. The Morgan fingerprint density at radius 3 is 1.29 bits per heavy atom. The molecule has 4 aliphatic carbocycles. The number of hydrogen-bond donors (Lipinski definition) is 2. The molecule has 4 saturated carbocycles. The molecule has 0 aliphatic heterocycles. The summed E-state index contributed by atoms with van der Waals surface area (Å²) in [4.78, 5) is 130. The molecule has 3 aromatic heterocycles. The summed E-state index contributed by atoms with van der Waals surface area (Å²) >= 11 is 0. The number of nitrogens with one attached hydrogen (secondary N) is 2. The number of rotatable bonds is 14. The van der Waals surface area contributed by atoms with E-state index in [-0.39, 0.29) is 69.5 Å². The summed E-state index contributed by atoms with van der Waals surface area (Å²) in [7, 11) is 3.72. The SMILES string of the molecule is C=C1CCC(n2c(C)nc3cccc(CCC(=O)CN(C)C)c3c2=O)C(=O)C1.C=C1CCC(n2c(C)nc3cccc(CNC(=O)C4CC4)c3c2=O)C(=O)C1.C=C1CCC(n2c(C)nc3cccc(CNC(=O)CC(C)(C)C)c3c2=O)C(=O)C1. The van der Waals surface area contributed by atoms with Gasteiger partial charge in [-0.3, -0.25) is 56.9 Å². The number of nitrogens with zero attached hydrogens (tertiary/aromatic N) is 7. The van der Waals surface area contributed by atoms with Crippen molar-refractivity contribution in [1.82, 2.24) is 44.2 Å². The molecule has 3 unspecified atom stereocenters. The van der Waals surface area contributed by atoms with Gasteiger partial charge in [0.2, 0.25) is 11.8 Å². The third kappa shape index (κ3) is 14.6. The third-order valence-electron chi connectivity index (χ3n) is 15.9. The number of aromatic nitrogens is 6. The average molecular weight is 1140 g/mol. The van der Waals surface area contributed by atoms with Gasteiger partial charge in [0.25, 0.3) is 16.7 Å². The highest BCUT2D eigenvalue weighted by molar-refractivity contribution is 5.90. The van der Waals surface area contributed by atoms with Crippen molar-refractivity contribution < 1.29 is 28.8 Å². The first kappa shape index (κ1) is 61.9. The molecule has 0 bridgehead atoms. The van der Waals surface area contributed by atoms with Crippen LogP contribution in [0.3, 0.4) is 0 Å². The molecule has 0 spiro atoms. The minimum absolute atomic E-state index is 0.00330. The lowest BCUT2D eigenvalue weighted by molar-refractivity contribution is -0.123. The summed E-state index contributed by atoms with van der Waals surface area (Å²) in [5.74, 6) is 1.86. The summed E-state index contributed by atoms with van der Waals surface area (Å²) in [6.07, 6.45) is 7.98. The highest BCUT2D eigenvalue weighted by Gasteiger charge is 2.33. The molecule has 2 amide bonds. The van der Waals surface area contributed by atoms with Crippen LogP contribution in [0, 0.1) is 32.1 Å². The Labute approximate surface area is 489 Å². The molecule has 2 N–H and O–H groups in total. The number of hydrogen-bond acceptors (Lipinski definition) is 13. The molecule has 10 rings (SSSR count). The van der Waals surface area contributed by atoms with Gasteiger partial charge in [-0.05, 0) is 133 Å². The van der Waals surface area contributed by atoms with E-state index in [2.05, 4.69) is 45.3 Å². The van der Waals surface area contributed by atoms with Crippen LogP contribution in [-0.4, -0.2) is 89.1 Å². The van der Waals surface area contributed by atoms with Gasteiger partial charge in [-0.15, -0.1) is 0 Å². The minimum Gasteiger partial charge on any atom is -0.352 e. The van der Waals surface area contributed by atoms with Crippen molar-refractivity contribution in [2.24, 2.45) is 11.3 Å². The van der Waals surface area contributed by atoms with Crippen molar-refractivity contribution in [3.8, 4) is 0 Å². The average Bonchev–Trinajstić information content (AvgIpc) is 4.45. The molecule has 6 aromatic rings. The van der Waals surface area contributed by atoms with Gasteiger partial charge in [-0.2, -0.15) is 0 Å². The van der Waals surface area contributed by atoms with Gasteiger partial charge in [0.15, 0.2) is 17.3 Å². The van der Waals surface area contributed by atoms with E-state index in [9.17, 15) is 43.2 Å². The number of fused-ring (bicyclic) bond motifs is 3. The summed E-state index contributed by atoms with van der Waals surface area (Å²) in [5, 5.41) is 7.29. The first-order valence-electron chi connectivity index (χ1n) is 29.1. The van der Waals surface area contributed by atoms with Crippen molar-refractivity contribution in [2.45, 2.75) is 163 Å². The number of aryl methyl sites for hydroxylation is 4. The molecule has 0 radical (unpaired) electrons. The van der Waals surface area contributed by atoms with Crippen LogP contribution in [0.2, 0.25) is 0 Å². The Hall–Kier alpha value is -8.12. The van der Waals surface area contributed by atoms with E-state index in [1.165, 1.54) is 9.13 Å². The lowest BCUT2D eigenvalue weighted by Gasteiger charge is -2.26. The first-order chi connectivity index (χ1) is 39.8. The van der Waals surface area contributed by atoms with Crippen molar-refractivity contribution in [1.29, 1.82) is 0 Å². The van der Waals surface area contributed by atoms with Crippen molar-refractivity contribution in [2.75, 3.05) is 20.6 Å². The number of Topliss-reactive ketones (excluding diaryl/α,β-unsaturated/α-hetero) is 4. The van der Waals surface area contributed by atoms with Crippen LogP contribution in [0.25, 0.3) is 32.7 Å². The summed E-state index contributed by atoms with van der Waals surface area (Å²) in [6.45, 7) is 23.9. The lowest BCUT2D eigenvalue weighted by Crippen LogP contribution is -2.35.